The van der Waals surface area contributed by atoms with Crippen molar-refractivity contribution in [2.45, 2.75) is 19.8 Å². The van der Waals surface area contributed by atoms with E-state index in [0.717, 1.165) is 0 Å². The van der Waals surface area contributed by atoms with Crippen LogP contribution in [0, 0.1) is 6.92 Å². The normalized spacial score (nSPS) is 12.1. The summed E-state index contributed by atoms with van der Waals surface area (Å²) >= 11 is 0. The van der Waals surface area contributed by atoms with Crippen molar-refractivity contribution in [2.24, 2.45) is 0 Å². The van der Waals surface area contributed by atoms with Crippen LogP contribution in [0.25, 0.3) is 11.1 Å². The maximum atomic E-state index is 2.30. The van der Waals surface area contributed by atoms with Crippen molar-refractivity contribution in [3.8, 4) is 11.1 Å². The lowest BCUT2D eigenvalue weighted by Gasteiger charge is -2.18. The third kappa shape index (κ3) is 2.90. The largest absolute Gasteiger partial charge is 0.0622 e. The molecule has 1 atom stereocenters. The zero-order chi connectivity index (χ0) is 14.7. The van der Waals surface area contributed by atoms with Gasteiger partial charge < -0.3 is 0 Å². The molecule has 3 aromatic rings. The van der Waals surface area contributed by atoms with Gasteiger partial charge in [0, 0.05) is 5.92 Å². The molecule has 0 heteroatoms. The van der Waals surface area contributed by atoms with Crippen molar-refractivity contribution in [3.63, 3.8) is 0 Å². The molecule has 1 unspecified atom stereocenters. The fourth-order valence-electron chi connectivity index (χ4n) is 2.84. The van der Waals surface area contributed by atoms with Crippen LogP contribution in [0.3, 0.4) is 0 Å². The first-order valence-electron chi connectivity index (χ1n) is 7.46. The third-order valence-electron chi connectivity index (χ3n) is 4.06. The molecule has 0 aromatic heterocycles. The summed E-state index contributed by atoms with van der Waals surface area (Å²) in [7, 11) is 0. The monoisotopic (exact) mass is 272 g/mol. The Morgan fingerprint density at radius 1 is 0.714 bits per heavy atom. The molecule has 0 fully saturated rings. The summed E-state index contributed by atoms with van der Waals surface area (Å²) in [5.74, 6) is 0.391. The number of aryl methyl sites for hydroxylation is 1. The van der Waals surface area contributed by atoms with E-state index in [0.29, 0.717) is 5.92 Å². The number of rotatable bonds is 3. The van der Waals surface area contributed by atoms with Gasteiger partial charge >= 0.3 is 0 Å². The Hall–Kier alpha value is -2.34. The average molecular weight is 272 g/mol. The lowest BCUT2D eigenvalue weighted by atomic mass is 9.86. The van der Waals surface area contributed by atoms with Crippen LogP contribution in [0.5, 0.6) is 0 Å². The topological polar surface area (TPSA) is 0 Å². The van der Waals surface area contributed by atoms with E-state index in [-0.39, 0.29) is 0 Å². The summed E-state index contributed by atoms with van der Waals surface area (Å²) in [6, 6.07) is 28.2. The van der Waals surface area contributed by atoms with Gasteiger partial charge in [0.1, 0.15) is 0 Å². The van der Waals surface area contributed by atoms with Crippen molar-refractivity contribution >= 4 is 0 Å². The quantitative estimate of drug-likeness (QED) is 0.564. The first-order valence-corrected chi connectivity index (χ1v) is 7.46. The fourth-order valence-corrected chi connectivity index (χ4v) is 2.84. The van der Waals surface area contributed by atoms with Gasteiger partial charge in [-0.3, -0.25) is 0 Å². The zero-order valence-corrected chi connectivity index (χ0v) is 12.6. The van der Waals surface area contributed by atoms with Crippen LogP contribution >= 0.6 is 0 Å². The van der Waals surface area contributed by atoms with Gasteiger partial charge in [-0.05, 0) is 29.2 Å². The molecule has 0 heterocycles. The first kappa shape index (κ1) is 13.6. The van der Waals surface area contributed by atoms with E-state index in [9.17, 15) is 0 Å². The van der Waals surface area contributed by atoms with Gasteiger partial charge in [0.15, 0.2) is 0 Å². The molecule has 3 aromatic carbocycles. The third-order valence-corrected chi connectivity index (χ3v) is 4.06. The van der Waals surface area contributed by atoms with Crippen LogP contribution in [-0.4, -0.2) is 0 Å². The lowest BCUT2D eigenvalue weighted by molar-refractivity contribution is 0.924. The van der Waals surface area contributed by atoms with E-state index in [1.807, 2.05) is 0 Å². The van der Waals surface area contributed by atoms with Gasteiger partial charge in [-0.1, -0.05) is 91.3 Å². The predicted molar refractivity (Wildman–Crippen MR) is 90.6 cm³/mol. The Morgan fingerprint density at radius 2 is 1.33 bits per heavy atom. The van der Waals surface area contributed by atoms with Crippen LogP contribution in [-0.2, 0) is 0 Å². The second-order valence-corrected chi connectivity index (χ2v) is 5.59. The Morgan fingerprint density at radius 3 is 2.00 bits per heavy atom. The number of benzene rings is 3. The predicted octanol–water partition coefficient (Wildman–Crippen LogP) is 5.81. The van der Waals surface area contributed by atoms with Gasteiger partial charge in [0.05, 0.1) is 0 Å². The Bertz CT molecular complexity index is 712. The molecule has 0 spiro atoms. The zero-order valence-electron chi connectivity index (χ0n) is 12.6. The molecule has 0 radical (unpaired) electrons. The summed E-state index contributed by atoms with van der Waals surface area (Å²) < 4.78 is 0. The highest BCUT2D eigenvalue weighted by Crippen LogP contribution is 2.33. The minimum Gasteiger partial charge on any atom is -0.0622 e. The SMILES string of the molecule is Cc1ccc(C(C)c2ccccc2)c(-c2ccccc2)c1. The van der Waals surface area contributed by atoms with Gasteiger partial charge in [-0.25, -0.2) is 0 Å². The second kappa shape index (κ2) is 5.97. The van der Waals surface area contributed by atoms with Gasteiger partial charge in [0.2, 0.25) is 0 Å². The Balaban J connectivity index is 2.11. The Labute approximate surface area is 127 Å². The standard InChI is InChI=1S/C21H20/c1-16-13-14-20(17(2)18-9-5-3-6-10-18)21(15-16)19-11-7-4-8-12-19/h3-15,17H,1-2H3. The van der Waals surface area contributed by atoms with Crippen LogP contribution < -0.4 is 0 Å². The highest BCUT2D eigenvalue weighted by Gasteiger charge is 2.13. The molecule has 0 N–H and O–H groups in total. The van der Waals surface area contributed by atoms with E-state index >= 15 is 0 Å². The summed E-state index contributed by atoms with van der Waals surface area (Å²) in [4.78, 5) is 0. The van der Waals surface area contributed by atoms with Crippen LogP contribution in [0.2, 0.25) is 0 Å². The first-order chi connectivity index (χ1) is 10.3. The van der Waals surface area contributed by atoms with Gasteiger partial charge in [-0.2, -0.15) is 0 Å². The molecule has 0 aliphatic heterocycles. The second-order valence-electron chi connectivity index (χ2n) is 5.59. The average Bonchev–Trinajstić information content (AvgIpc) is 2.56. The molecular weight excluding hydrogens is 252 g/mol. The van der Waals surface area contributed by atoms with Crippen LogP contribution in [0.1, 0.15) is 29.5 Å². The van der Waals surface area contributed by atoms with E-state index in [1.165, 1.54) is 27.8 Å². The summed E-state index contributed by atoms with van der Waals surface area (Å²) in [5, 5.41) is 0. The molecule has 0 aliphatic carbocycles. The minimum atomic E-state index is 0.391. The van der Waals surface area contributed by atoms with E-state index in [4.69, 9.17) is 0 Å². The van der Waals surface area contributed by atoms with Crippen molar-refractivity contribution in [1.82, 2.24) is 0 Å². The minimum absolute atomic E-state index is 0.391. The summed E-state index contributed by atoms with van der Waals surface area (Å²) in [5.41, 5.74) is 6.68. The van der Waals surface area contributed by atoms with E-state index in [2.05, 4.69) is 92.7 Å². The van der Waals surface area contributed by atoms with Crippen molar-refractivity contribution in [1.29, 1.82) is 0 Å². The lowest BCUT2D eigenvalue weighted by Crippen LogP contribution is -1.99. The van der Waals surface area contributed by atoms with Crippen LogP contribution in [0.15, 0.2) is 78.9 Å². The smallest absolute Gasteiger partial charge is 0.00671 e. The van der Waals surface area contributed by atoms with E-state index < -0.39 is 0 Å². The molecule has 104 valence electrons. The van der Waals surface area contributed by atoms with Crippen LogP contribution in [0.4, 0.5) is 0 Å². The summed E-state index contributed by atoms with van der Waals surface area (Å²) in [6.07, 6.45) is 0. The molecular formula is C21H20. The maximum absolute atomic E-state index is 2.30. The van der Waals surface area contributed by atoms with E-state index in [1.54, 1.807) is 0 Å². The Kier molecular flexibility index (Phi) is 3.87. The highest BCUT2D eigenvalue weighted by atomic mass is 14.2. The molecule has 21 heavy (non-hydrogen) atoms. The highest BCUT2D eigenvalue weighted by molar-refractivity contribution is 5.69. The maximum Gasteiger partial charge on any atom is 0.00671 e. The van der Waals surface area contributed by atoms with Crippen molar-refractivity contribution in [2.75, 3.05) is 0 Å². The molecule has 0 aliphatic rings. The molecule has 0 nitrogen and oxygen atoms in total. The molecule has 0 bridgehead atoms. The number of hydrogen-bond donors (Lipinski definition) is 0. The summed E-state index contributed by atoms with van der Waals surface area (Å²) in [6.45, 7) is 4.44. The molecule has 0 saturated heterocycles. The molecule has 0 saturated carbocycles. The number of hydrogen-bond acceptors (Lipinski definition) is 0. The molecule has 3 rings (SSSR count). The van der Waals surface area contributed by atoms with Gasteiger partial charge in [0.25, 0.3) is 0 Å². The van der Waals surface area contributed by atoms with Gasteiger partial charge in [-0.15, -0.1) is 0 Å². The molecule has 0 amide bonds. The van der Waals surface area contributed by atoms with Crippen molar-refractivity contribution < 1.29 is 0 Å². The van der Waals surface area contributed by atoms with Crippen molar-refractivity contribution in [3.05, 3.63) is 95.6 Å². The fraction of sp³-hybridized carbons (Fsp3) is 0.143.